The first-order valence-corrected chi connectivity index (χ1v) is 7.69. The van der Waals surface area contributed by atoms with E-state index in [1.165, 1.54) is 11.3 Å². The summed E-state index contributed by atoms with van der Waals surface area (Å²) in [6.45, 7) is 8.80. The van der Waals surface area contributed by atoms with Gasteiger partial charge in [0, 0.05) is 11.9 Å². The van der Waals surface area contributed by atoms with Gasteiger partial charge in [-0.05, 0) is 50.6 Å². The minimum absolute atomic E-state index is 0.263. The molecule has 0 radical (unpaired) electrons. The molecule has 0 bridgehead atoms. The van der Waals surface area contributed by atoms with Gasteiger partial charge in [0.15, 0.2) is 0 Å². The molecule has 1 atom stereocenters. The van der Waals surface area contributed by atoms with Crippen LogP contribution in [0.4, 0.5) is 0 Å². The second kappa shape index (κ2) is 7.84. The van der Waals surface area contributed by atoms with Crippen molar-refractivity contribution in [3.05, 3.63) is 47.8 Å². The molecule has 4 heteroatoms. The van der Waals surface area contributed by atoms with Gasteiger partial charge in [-0.3, -0.25) is 4.68 Å². The van der Waals surface area contributed by atoms with Gasteiger partial charge in [-0.2, -0.15) is 5.10 Å². The molecule has 0 aliphatic rings. The van der Waals surface area contributed by atoms with Crippen molar-refractivity contribution in [1.82, 2.24) is 15.1 Å². The highest BCUT2D eigenvalue weighted by molar-refractivity contribution is 5.29. The number of aromatic nitrogens is 2. The summed E-state index contributed by atoms with van der Waals surface area (Å²) in [6, 6.07) is 10.6. The van der Waals surface area contributed by atoms with Crippen molar-refractivity contribution in [2.45, 2.75) is 39.8 Å². The van der Waals surface area contributed by atoms with E-state index in [4.69, 9.17) is 4.74 Å². The Balaban J connectivity index is 2.12. The Morgan fingerprint density at radius 2 is 1.95 bits per heavy atom. The predicted molar refractivity (Wildman–Crippen MR) is 85.6 cm³/mol. The lowest BCUT2D eigenvalue weighted by atomic mass is 10.1. The summed E-state index contributed by atoms with van der Waals surface area (Å²) in [5.41, 5.74) is 2.45. The summed E-state index contributed by atoms with van der Waals surface area (Å²) >= 11 is 0. The first-order chi connectivity index (χ1) is 10.2. The van der Waals surface area contributed by atoms with E-state index in [1.54, 1.807) is 0 Å². The normalized spacial score (nSPS) is 12.3. The highest BCUT2D eigenvalue weighted by atomic mass is 16.5. The van der Waals surface area contributed by atoms with Crippen LogP contribution < -0.4 is 10.1 Å². The molecule has 1 heterocycles. The van der Waals surface area contributed by atoms with Crippen LogP contribution in [0, 0.1) is 6.92 Å². The Hall–Kier alpha value is -1.81. The number of hydrogen-bond acceptors (Lipinski definition) is 3. The lowest BCUT2D eigenvalue weighted by Gasteiger charge is -2.20. The molecule has 4 nitrogen and oxygen atoms in total. The van der Waals surface area contributed by atoms with Gasteiger partial charge in [0.1, 0.15) is 5.75 Å². The van der Waals surface area contributed by atoms with Crippen LogP contribution in [0.15, 0.2) is 36.5 Å². The van der Waals surface area contributed by atoms with Gasteiger partial charge in [-0.1, -0.05) is 19.1 Å². The van der Waals surface area contributed by atoms with E-state index in [9.17, 15) is 0 Å². The van der Waals surface area contributed by atoms with E-state index < -0.39 is 0 Å². The van der Waals surface area contributed by atoms with Crippen molar-refractivity contribution in [3.63, 3.8) is 0 Å². The van der Waals surface area contributed by atoms with Crippen molar-refractivity contribution in [2.75, 3.05) is 13.2 Å². The Morgan fingerprint density at radius 3 is 2.52 bits per heavy atom. The van der Waals surface area contributed by atoms with Gasteiger partial charge in [-0.15, -0.1) is 0 Å². The SMILES string of the molecule is CCCNC(Cn1nccc1C)c1ccc(OCC)cc1. The van der Waals surface area contributed by atoms with Crippen molar-refractivity contribution in [3.8, 4) is 5.75 Å². The summed E-state index contributed by atoms with van der Waals surface area (Å²) < 4.78 is 7.55. The molecule has 0 amide bonds. The Morgan fingerprint density at radius 1 is 1.19 bits per heavy atom. The second-order valence-electron chi connectivity index (χ2n) is 5.16. The molecule has 0 saturated heterocycles. The topological polar surface area (TPSA) is 39.1 Å². The summed E-state index contributed by atoms with van der Waals surface area (Å²) in [7, 11) is 0. The van der Waals surface area contributed by atoms with Gasteiger partial charge in [0.2, 0.25) is 0 Å². The van der Waals surface area contributed by atoms with E-state index in [2.05, 4.69) is 36.4 Å². The van der Waals surface area contributed by atoms with Crippen LogP contribution in [0.2, 0.25) is 0 Å². The van der Waals surface area contributed by atoms with E-state index in [-0.39, 0.29) is 6.04 Å². The lowest BCUT2D eigenvalue weighted by molar-refractivity contribution is 0.340. The van der Waals surface area contributed by atoms with E-state index in [0.29, 0.717) is 6.61 Å². The fourth-order valence-corrected chi connectivity index (χ4v) is 2.33. The third kappa shape index (κ3) is 4.33. The molecule has 1 N–H and O–H groups in total. The monoisotopic (exact) mass is 287 g/mol. The molecular weight excluding hydrogens is 262 g/mol. The molecule has 1 unspecified atom stereocenters. The Labute approximate surface area is 127 Å². The number of rotatable bonds is 8. The summed E-state index contributed by atoms with van der Waals surface area (Å²) in [5.74, 6) is 0.922. The minimum atomic E-state index is 0.263. The number of nitrogens with one attached hydrogen (secondary N) is 1. The largest absolute Gasteiger partial charge is 0.494 e. The van der Waals surface area contributed by atoms with Crippen LogP contribution in [-0.2, 0) is 6.54 Å². The molecule has 0 spiro atoms. The average molecular weight is 287 g/mol. The summed E-state index contributed by atoms with van der Waals surface area (Å²) in [4.78, 5) is 0. The number of ether oxygens (including phenoxy) is 1. The van der Waals surface area contributed by atoms with Crippen LogP contribution >= 0.6 is 0 Å². The van der Waals surface area contributed by atoms with Crippen molar-refractivity contribution in [1.29, 1.82) is 0 Å². The first kappa shape index (κ1) is 15.6. The number of hydrogen-bond donors (Lipinski definition) is 1. The maximum Gasteiger partial charge on any atom is 0.119 e. The summed E-state index contributed by atoms with van der Waals surface area (Å²) in [6.07, 6.45) is 2.97. The number of aryl methyl sites for hydroxylation is 1. The van der Waals surface area contributed by atoms with Crippen molar-refractivity contribution in [2.24, 2.45) is 0 Å². The fourth-order valence-electron chi connectivity index (χ4n) is 2.33. The standard InChI is InChI=1S/C17H25N3O/c1-4-11-18-17(13-20-14(3)10-12-19-20)15-6-8-16(9-7-15)21-5-2/h6-10,12,17-18H,4-5,11,13H2,1-3H3. The van der Waals surface area contributed by atoms with Crippen LogP contribution in [0.5, 0.6) is 5.75 Å². The van der Waals surface area contributed by atoms with E-state index in [0.717, 1.165) is 25.3 Å². The molecule has 0 saturated carbocycles. The van der Waals surface area contributed by atoms with Crippen LogP contribution in [-0.4, -0.2) is 22.9 Å². The van der Waals surface area contributed by atoms with Crippen LogP contribution in [0.25, 0.3) is 0 Å². The van der Waals surface area contributed by atoms with Gasteiger partial charge in [0.25, 0.3) is 0 Å². The zero-order chi connectivity index (χ0) is 15.1. The summed E-state index contributed by atoms with van der Waals surface area (Å²) in [5, 5.41) is 7.99. The third-order valence-corrected chi connectivity index (χ3v) is 3.52. The Bertz CT molecular complexity index is 533. The molecule has 0 fully saturated rings. The molecule has 21 heavy (non-hydrogen) atoms. The molecule has 1 aromatic carbocycles. The van der Waals surface area contributed by atoms with Crippen molar-refractivity contribution >= 4 is 0 Å². The molecule has 1 aromatic heterocycles. The van der Waals surface area contributed by atoms with E-state index >= 15 is 0 Å². The van der Waals surface area contributed by atoms with Crippen LogP contribution in [0.1, 0.15) is 37.6 Å². The second-order valence-corrected chi connectivity index (χ2v) is 5.16. The molecule has 2 aromatic rings. The number of benzene rings is 1. The maximum atomic E-state index is 5.51. The molecule has 114 valence electrons. The van der Waals surface area contributed by atoms with E-state index in [1.807, 2.05) is 36.0 Å². The molecule has 0 aliphatic heterocycles. The molecule has 0 aliphatic carbocycles. The molecular formula is C17H25N3O. The third-order valence-electron chi connectivity index (χ3n) is 3.52. The smallest absolute Gasteiger partial charge is 0.119 e. The van der Waals surface area contributed by atoms with Gasteiger partial charge in [-0.25, -0.2) is 0 Å². The highest BCUT2D eigenvalue weighted by Gasteiger charge is 2.13. The molecule has 2 rings (SSSR count). The minimum Gasteiger partial charge on any atom is -0.494 e. The predicted octanol–water partition coefficient (Wildman–Crippen LogP) is 3.33. The zero-order valence-corrected chi connectivity index (χ0v) is 13.2. The number of nitrogens with zero attached hydrogens (tertiary/aromatic N) is 2. The van der Waals surface area contributed by atoms with Gasteiger partial charge in [0.05, 0.1) is 19.2 Å². The van der Waals surface area contributed by atoms with Crippen LogP contribution in [0.3, 0.4) is 0 Å². The highest BCUT2D eigenvalue weighted by Crippen LogP contribution is 2.20. The average Bonchev–Trinajstić information content (AvgIpc) is 2.90. The first-order valence-electron chi connectivity index (χ1n) is 7.69. The lowest BCUT2D eigenvalue weighted by Crippen LogP contribution is -2.27. The Kier molecular flexibility index (Phi) is 5.81. The van der Waals surface area contributed by atoms with Gasteiger partial charge >= 0.3 is 0 Å². The fraction of sp³-hybridized carbons (Fsp3) is 0.471. The maximum absolute atomic E-state index is 5.51. The van der Waals surface area contributed by atoms with Gasteiger partial charge < -0.3 is 10.1 Å². The van der Waals surface area contributed by atoms with Crippen molar-refractivity contribution < 1.29 is 4.74 Å². The quantitative estimate of drug-likeness (QED) is 0.809. The zero-order valence-electron chi connectivity index (χ0n) is 13.2.